The number of thiophene rings is 1. The molecule has 4 rings (SSSR count). The molecule has 0 aliphatic rings. The lowest BCUT2D eigenvalue weighted by atomic mass is 10.1. The summed E-state index contributed by atoms with van der Waals surface area (Å²) in [5, 5.41) is 3.42. The maximum absolute atomic E-state index is 13.0. The van der Waals surface area contributed by atoms with Gasteiger partial charge in [-0.3, -0.25) is 9.59 Å². The Kier molecular flexibility index (Phi) is 5.61. The Bertz CT molecular complexity index is 1350. The Morgan fingerprint density at radius 3 is 2.68 bits per heavy atom. The van der Waals surface area contributed by atoms with Gasteiger partial charge in [0.25, 0.3) is 11.5 Å². The van der Waals surface area contributed by atoms with Crippen molar-refractivity contribution in [3.05, 3.63) is 85.8 Å². The lowest BCUT2D eigenvalue weighted by molar-refractivity contribution is 0.103. The number of carbonyl (C=O) groups is 1. The van der Waals surface area contributed by atoms with E-state index in [1.807, 2.05) is 56.3 Å². The molecule has 0 unspecified atom stereocenters. The summed E-state index contributed by atoms with van der Waals surface area (Å²) in [7, 11) is 1.61. The number of aromatic nitrogens is 2. The highest BCUT2D eigenvalue weighted by atomic mass is 32.1. The van der Waals surface area contributed by atoms with Gasteiger partial charge in [0.05, 0.1) is 17.4 Å². The third-order valence-electron chi connectivity index (χ3n) is 5.24. The highest BCUT2D eigenvalue weighted by Crippen LogP contribution is 2.29. The van der Waals surface area contributed by atoms with Crippen LogP contribution >= 0.6 is 11.3 Å². The zero-order valence-corrected chi connectivity index (χ0v) is 18.6. The van der Waals surface area contributed by atoms with Gasteiger partial charge in [0.2, 0.25) is 0 Å². The van der Waals surface area contributed by atoms with Crippen molar-refractivity contribution < 1.29 is 9.53 Å². The Morgan fingerprint density at radius 1 is 1.16 bits per heavy atom. The maximum atomic E-state index is 13.0. The summed E-state index contributed by atoms with van der Waals surface area (Å²) in [5.74, 6) is 1.03. The van der Waals surface area contributed by atoms with Crippen LogP contribution in [0.1, 0.15) is 37.7 Å². The second kappa shape index (κ2) is 8.35. The van der Waals surface area contributed by atoms with Crippen molar-refractivity contribution in [1.82, 2.24) is 9.97 Å². The van der Waals surface area contributed by atoms with Gasteiger partial charge in [-0.15, -0.1) is 11.3 Å². The Labute approximate surface area is 183 Å². The number of ether oxygens (including phenoxy) is 1. The molecule has 0 aliphatic carbocycles. The van der Waals surface area contributed by atoms with E-state index in [0.717, 1.165) is 28.1 Å². The van der Waals surface area contributed by atoms with Gasteiger partial charge >= 0.3 is 0 Å². The molecule has 2 aromatic heterocycles. The maximum Gasteiger partial charge on any atom is 0.266 e. The van der Waals surface area contributed by atoms with Crippen LogP contribution in [0.4, 0.5) is 5.69 Å². The molecule has 0 atom stereocenters. The standard InChI is InChI=1S/C24H23N3O3S/c1-13-9-10-17(14(2)11-13)25-23(29)21-15(3)20-22(28)26-19(27-24(20)31-21)12-16-7-5-6-8-18(16)30-4/h5-11H,12H2,1-4H3,(H,25,29)(H,26,27,28). The van der Waals surface area contributed by atoms with E-state index in [-0.39, 0.29) is 11.5 Å². The highest BCUT2D eigenvalue weighted by Gasteiger charge is 2.20. The molecular weight excluding hydrogens is 410 g/mol. The Balaban J connectivity index is 1.69. The van der Waals surface area contributed by atoms with Gasteiger partial charge in [0.15, 0.2) is 0 Å². The number of H-pyrrole nitrogens is 1. The van der Waals surface area contributed by atoms with Gasteiger partial charge in [0.1, 0.15) is 16.4 Å². The average molecular weight is 434 g/mol. The number of fused-ring (bicyclic) bond motifs is 1. The molecule has 4 aromatic rings. The summed E-state index contributed by atoms with van der Waals surface area (Å²) in [6, 6.07) is 13.5. The number of aromatic amines is 1. The fourth-order valence-corrected chi connectivity index (χ4v) is 4.75. The molecule has 2 heterocycles. The van der Waals surface area contributed by atoms with Crippen molar-refractivity contribution >= 4 is 33.1 Å². The van der Waals surface area contributed by atoms with E-state index < -0.39 is 0 Å². The number of rotatable bonds is 5. The SMILES string of the molecule is COc1ccccc1Cc1nc2sc(C(=O)Nc3ccc(C)cc3C)c(C)c2c(=O)[nH]1. The molecule has 2 aromatic carbocycles. The number of aryl methyl sites for hydroxylation is 3. The number of hydrogen-bond acceptors (Lipinski definition) is 5. The number of carbonyl (C=O) groups excluding carboxylic acids is 1. The van der Waals surface area contributed by atoms with Gasteiger partial charge in [-0.2, -0.15) is 0 Å². The fourth-order valence-electron chi connectivity index (χ4n) is 3.65. The number of methoxy groups -OCH3 is 1. The lowest BCUT2D eigenvalue weighted by Gasteiger charge is -2.08. The first kappa shape index (κ1) is 20.8. The molecule has 0 spiro atoms. The van der Waals surface area contributed by atoms with Gasteiger partial charge in [-0.1, -0.05) is 35.9 Å². The van der Waals surface area contributed by atoms with Crippen molar-refractivity contribution in [3.8, 4) is 5.75 Å². The predicted molar refractivity (Wildman–Crippen MR) is 125 cm³/mol. The molecule has 7 heteroatoms. The highest BCUT2D eigenvalue weighted by molar-refractivity contribution is 7.20. The van der Waals surface area contributed by atoms with Crippen molar-refractivity contribution in [3.63, 3.8) is 0 Å². The number of hydrogen-bond donors (Lipinski definition) is 2. The molecular formula is C24H23N3O3S. The van der Waals surface area contributed by atoms with Crippen LogP contribution in [-0.4, -0.2) is 23.0 Å². The van der Waals surface area contributed by atoms with E-state index in [4.69, 9.17) is 4.74 Å². The summed E-state index contributed by atoms with van der Waals surface area (Å²) in [6.07, 6.45) is 0.427. The summed E-state index contributed by atoms with van der Waals surface area (Å²) in [5.41, 5.74) is 4.20. The monoisotopic (exact) mass is 433 g/mol. The summed E-state index contributed by atoms with van der Waals surface area (Å²) in [6.45, 7) is 5.75. The smallest absolute Gasteiger partial charge is 0.266 e. The first-order valence-electron chi connectivity index (χ1n) is 9.90. The van der Waals surface area contributed by atoms with Crippen LogP contribution in [0.3, 0.4) is 0 Å². The number of anilines is 1. The zero-order chi connectivity index (χ0) is 22.1. The normalized spacial score (nSPS) is 11.0. The van der Waals surface area contributed by atoms with E-state index in [0.29, 0.717) is 32.9 Å². The molecule has 0 fully saturated rings. The van der Waals surface area contributed by atoms with Crippen LogP contribution in [-0.2, 0) is 6.42 Å². The second-order valence-corrected chi connectivity index (χ2v) is 8.51. The molecule has 31 heavy (non-hydrogen) atoms. The van der Waals surface area contributed by atoms with E-state index in [9.17, 15) is 9.59 Å². The number of para-hydroxylation sites is 1. The van der Waals surface area contributed by atoms with Crippen LogP contribution in [0, 0.1) is 20.8 Å². The zero-order valence-electron chi connectivity index (χ0n) is 17.8. The quantitative estimate of drug-likeness (QED) is 0.475. The molecule has 0 aliphatic heterocycles. The minimum Gasteiger partial charge on any atom is -0.496 e. The van der Waals surface area contributed by atoms with Crippen LogP contribution < -0.4 is 15.6 Å². The van der Waals surface area contributed by atoms with Gasteiger partial charge in [0, 0.05) is 17.7 Å². The minimum absolute atomic E-state index is 0.238. The van der Waals surface area contributed by atoms with Crippen LogP contribution in [0.5, 0.6) is 5.75 Å². The number of amides is 1. The van der Waals surface area contributed by atoms with E-state index in [1.54, 1.807) is 14.0 Å². The van der Waals surface area contributed by atoms with Crippen molar-refractivity contribution in [1.29, 1.82) is 0 Å². The number of nitrogens with zero attached hydrogens (tertiary/aromatic N) is 1. The van der Waals surface area contributed by atoms with Crippen LogP contribution in [0.2, 0.25) is 0 Å². The average Bonchev–Trinajstić information content (AvgIpc) is 3.07. The van der Waals surface area contributed by atoms with Crippen molar-refractivity contribution in [2.24, 2.45) is 0 Å². The molecule has 158 valence electrons. The minimum atomic E-state index is -0.241. The number of nitrogens with one attached hydrogen (secondary N) is 2. The first-order chi connectivity index (χ1) is 14.9. The molecule has 0 saturated heterocycles. The molecule has 1 amide bonds. The van der Waals surface area contributed by atoms with Gasteiger partial charge < -0.3 is 15.0 Å². The van der Waals surface area contributed by atoms with Crippen molar-refractivity contribution in [2.45, 2.75) is 27.2 Å². The summed E-state index contributed by atoms with van der Waals surface area (Å²) >= 11 is 1.23. The second-order valence-electron chi connectivity index (χ2n) is 7.51. The largest absolute Gasteiger partial charge is 0.496 e. The summed E-state index contributed by atoms with van der Waals surface area (Å²) < 4.78 is 5.39. The molecule has 2 N–H and O–H groups in total. The van der Waals surface area contributed by atoms with Gasteiger partial charge in [-0.05, 0) is 44.0 Å². The van der Waals surface area contributed by atoms with E-state index in [1.165, 1.54) is 11.3 Å². The summed E-state index contributed by atoms with van der Waals surface area (Å²) in [4.78, 5) is 34.3. The van der Waals surface area contributed by atoms with Crippen molar-refractivity contribution in [2.75, 3.05) is 12.4 Å². The van der Waals surface area contributed by atoms with E-state index in [2.05, 4.69) is 15.3 Å². The number of benzene rings is 2. The fraction of sp³-hybridized carbons (Fsp3) is 0.208. The Hall–Kier alpha value is -3.45. The first-order valence-corrected chi connectivity index (χ1v) is 10.7. The third kappa shape index (κ3) is 4.09. The molecule has 0 bridgehead atoms. The predicted octanol–water partition coefficient (Wildman–Crippen LogP) is 4.76. The van der Waals surface area contributed by atoms with Gasteiger partial charge in [-0.25, -0.2) is 4.98 Å². The molecule has 6 nitrogen and oxygen atoms in total. The topological polar surface area (TPSA) is 84.1 Å². The molecule has 0 saturated carbocycles. The van der Waals surface area contributed by atoms with Crippen LogP contribution in [0.15, 0.2) is 47.3 Å². The molecule has 0 radical (unpaired) electrons. The van der Waals surface area contributed by atoms with Crippen LogP contribution in [0.25, 0.3) is 10.2 Å². The van der Waals surface area contributed by atoms with E-state index >= 15 is 0 Å². The lowest BCUT2D eigenvalue weighted by Crippen LogP contribution is -2.14. The Morgan fingerprint density at radius 2 is 1.94 bits per heavy atom. The third-order valence-corrected chi connectivity index (χ3v) is 6.42.